The molecule has 3 aromatic rings. The van der Waals surface area contributed by atoms with Crippen molar-refractivity contribution < 1.29 is 13.5 Å². The van der Waals surface area contributed by atoms with Crippen molar-refractivity contribution in [2.24, 2.45) is 5.92 Å². The highest BCUT2D eigenvalue weighted by Crippen LogP contribution is 2.28. The summed E-state index contributed by atoms with van der Waals surface area (Å²) >= 11 is 1.44. The van der Waals surface area contributed by atoms with Crippen molar-refractivity contribution in [2.75, 3.05) is 5.32 Å². The molecule has 27 heavy (non-hydrogen) atoms. The second-order valence-corrected chi connectivity index (χ2v) is 9.24. The molecule has 0 bridgehead atoms. The minimum atomic E-state index is -3.68. The molecule has 2 unspecified atom stereocenters. The lowest BCUT2D eigenvalue weighted by Crippen LogP contribution is -2.45. The maximum atomic E-state index is 12.7. The Labute approximate surface area is 160 Å². The van der Waals surface area contributed by atoms with Crippen LogP contribution in [0.15, 0.2) is 28.7 Å². The molecule has 1 aliphatic rings. The number of rotatable bonds is 7. The Bertz CT molecular complexity index is 1060. The van der Waals surface area contributed by atoms with Gasteiger partial charge in [-0.1, -0.05) is 6.92 Å². The summed E-state index contributed by atoms with van der Waals surface area (Å²) < 4.78 is 29.6. The van der Waals surface area contributed by atoms with Gasteiger partial charge in [-0.05, 0) is 24.8 Å². The Kier molecular flexibility index (Phi) is 4.84. The normalized spacial score (nSPS) is 19.9. The summed E-state index contributed by atoms with van der Waals surface area (Å²) in [7, 11) is -3.68. The van der Waals surface area contributed by atoms with E-state index in [0.29, 0.717) is 24.0 Å². The van der Waals surface area contributed by atoms with Crippen LogP contribution in [0.25, 0.3) is 5.65 Å². The lowest BCUT2D eigenvalue weighted by Gasteiger charge is -2.33. The molecular formula is C16H20N6O3S2. The first-order chi connectivity index (χ1) is 13.0. The van der Waals surface area contributed by atoms with Gasteiger partial charge in [-0.15, -0.1) is 11.3 Å². The van der Waals surface area contributed by atoms with Gasteiger partial charge in [-0.25, -0.2) is 27.6 Å². The van der Waals surface area contributed by atoms with Gasteiger partial charge in [-0.3, -0.25) is 0 Å². The van der Waals surface area contributed by atoms with Gasteiger partial charge in [0.15, 0.2) is 5.65 Å². The average molecular weight is 409 g/mol. The third kappa shape index (κ3) is 3.68. The molecule has 1 saturated carbocycles. The number of aromatic nitrogens is 4. The summed E-state index contributed by atoms with van der Waals surface area (Å²) in [6.45, 7) is 2.38. The monoisotopic (exact) mass is 408 g/mol. The van der Waals surface area contributed by atoms with Crippen molar-refractivity contribution in [3.8, 4) is 0 Å². The quantitative estimate of drug-likeness (QED) is 0.540. The van der Waals surface area contributed by atoms with Crippen LogP contribution >= 0.6 is 11.3 Å². The molecule has 0 amide bonds. The Morgan fingerprint density at radius 2 is 2.22 bits per heavy atom. The van der Waals surface area contributed by atoms with E-state index >= 15 is 0 Å². The van der Waals surface area contributed by atoms with Gasteiger partial charge in [0, 0.05) is 17.6 Å². The molecule has 11 heteroatoms. The number of hydrogen-bond acceptors (Lipinski definition) is 8. The van der Waals surface area contributed by atoms with Gasteiger partial charge in [0.2, 0.25) is 10.0 Å². The van der Waals surface area contributed by atoms with Crippen LogP contribution < -0.4 is 10.0 Å². The van der Waals surface area contributed by atoms with Crippen molar-refractivity contribution in [1.82, 2.24) is 24.3 Å². The Morgan fingerprint density at radius 3 is 2.89 bits per heavy atom. The molecule has 144 valence electrons. The molecule has 0 spiro atoms. The first kappa shape index (κ1) is 18.3. The smallest absolute Gasteiger partial charge is 0.246 e. The number of fused-ring (bicyclic) bond motifs is 1. The number of anilines is 1. The fraction of sp³-hybridized carbons (Fsp3) is 0.438. The van der Waals surface area contributed by atoms with Gasteiger partial charge in [-0.2, -0.15) is 5.10 Å². The fourth-order valence-electron chi connectivity index (χ4n) is 2.91. The molecule has 2 atom stereocenters. The minimum absolute atomic E-state index is 0.0307. The topological polar surface area (TPSA) is 122 Å². The molecule has 0 aliphatic heterocycles. The van der Waals surface area contributed by atoms with Crippen molar-refractivity contribution >= 4 is 32.8 Å². The predicted molar refractivity (Wildman–Crippen MR) is 101 cm³/mol. The lowest BCUT2D eigenvalue weighted by atomic mass is 9.82. The fourth-order valence-corrected chi connectivity index (χ4v) is 5.08. The maximum absolute atomic E-state index is 12.7. The van der Waals surface area contributed by atoms with E-state index in [1.807, 2.05) is 6.92 Å². The zero-order chi connectivity index (χ0) is 19.0. The van der Waals surface area contributed by atoms with E-state index in [1.54, 1.807) is 17.6 Å². The molecule has 0 saturated heterocycles. The number of aliphatic hydroxyl groups is 1. The Morgan fingerprint density at radius 1 is 1.37 bits per heavy atom. The van der Waals surface area contributed by atoms with Crippen molar-refractivity contribution in [3.63, 3.8) is 0 Å². The maximum Gasteiger partial charge on any atom is 0.246 e. The summed E-state index contributed by atoms with van der Waals surface area (Å²) in [5, 5.41) is 18.9. The molecule has 0 aromatic carbocycles. The van der Waals surface area contributed by atoms with Gasteiger partial charge in [0.25, 0.3) is 0 Å². The second-order valence-electron chi connectivity index (χ2n) is 6.62. The minimum Gasteiger partial charge on any atom is -0.390 e. The van der Waals surface area contributed by atoms with Crippen LogP contribution in [0.2, 0.25) is 0 Å². The average Bonchev–Trinajstić information content (AvgIpc) is 3.29. The first-order valence-corrected chi connectivity index (χ1v) is 11.0. The highest BCUT2D eigenvalue weighted by Gasteiger charge is 2.32. The molecule has 0 radical (unpaired) electrons. The first-order valence-electron chi connectivity index (χ1n) is 8.61. The molecule has 4 rings (SSSR count). The van der Waals surface area contributed by atoms with Crippen LogP contribution in [0.5, 0.6) is 0 Å². The number of nitrogens with one attached hydrogen (secondary N) is 2. The van der Waals surface area contributed by atoms with Crippen LogP contribution in [-0.4, -0.2) is 39.1 Å². The van der Waals surface area contributed by atoms with E-state index in [0.717, 1.165) is 17.8 Å². The lowest BCUT2D eigenvalue weighted by molar-refractivity contribution is 0.260. The summed E-state index contributed by atoms with van der Waals surface area (Å²) in [6, 6.07) is 1.69. The summed E-state index contributed by atoms with van der Waals surface area (Å²) in [4.78, 5) is 8.75. The van der Waals surface area contributed by atoms with Crippen molar-refractivity contribution in [1.29, 1.82) is 0 Å². The molecule has 9 nitrogen and oxygen atoms in total. The van der Waals surface area contributed by atoms with Crippen molar-refractivity contribution in [2.45, 2.75) is 43.9 Å². The summed E-state index contributed by atoms with van der Waals surface area (Å²) in [5.41, 5.74) is 0.898. The van der Waals surface area contributed by atoms with Gasteiger partial charge >= 0.3 is 0 Å². The Balaban J connectivity index is 1.55. The third-order valence-corrected chi connectivity index (χ3v) is 7.11. The van der Waals surface area contributed by atoms with Gasteiger partial charge in [0.1, 0.15) is 15.7 Å². The van der Waals surface area contributed by atoms with E-state index in [2.05, 4.69) is 25.1 Å². The van der Waals surface area contributed by atoms with E-state index in [1.165, 1.54) is 22.0 Å². The van der Waals surface area contributed by atoms with E-state index in [-0.39, 0.29) is 23.2 Å². The number of nitrogens with zero attached hydrogens (tertiary/aromatic N) is 4. The van der Waals surface area contributed by atoms with Crippen LogP contribution in [-0.2, 0) is 23.2 Å². The third-order valence-electron chi connectivity index (χ3n) is 4.73. The van der Waals surface area contributed by atoms with Gasteiger partial charge in [0.05, 0.1) is 25.0 Å². The van der Waals surface area contributed by atoms with Crippen LogP contribution in [0, 0.1) is 5.92 Å². The molecule has 3 aromatic heterocycles. The van der Waals surface area contributed by atoms with Crippen LogP contribution in [0.4, 0.5) is 5.82 Å². The summed E-state index contributed by atoms with van der Waals surface area (Å²) in [6.07, 6.45) is 4.87. The largest absolute Gasteiger partial charge is 0.390 e. The highest BCUT2D eigenvalue weighted by molar-refractivity contribution is 7.89. The predicted octanol–water partition coefficient (Wildman–Crippen LogP) is 1.37. The number of thiazole rings is 1. The van der Waals surface area contributed by atoms with E-state index in [9.17, 15) is 8.42 Å². The zero-order valence-corrected chi connectivity index (χ0v) is 16.3. The van der Waals surface area contributed by atoms with Crippen LogP contribution in [0.1, 0.15) is 30.5 Å². The Hall–Kier alpha value is -2.08. The zero-order valence-electron chi connectivity index (χ0n) is 14.7. The number of hydrogen-bond donors (Lipinski definition) is 3. The molecule has 3 heterocycles. The number of sulfonamides is 1. The molecule has 1 aliphatic carbocycles. The number of aliphatic hydroxyl groups excluding tert-OH is 1. The molecule has 1 fully saturated rings. The van der Waals surface area contributed by atoms with E-state index in [4.69, 9.17) is 5.11 Å². The van der Waals surface area contributed by atoms with Crippen LogP contribution in [0.3, 0.4) is 0 Å². The summed E-state index contributed by atoms with van der Waals surface area (Å²) in [5.74, 6) is 0.867. The molecule has 3 N–H and O–H groups in total. The van der Waals surface area contributed by atoms with E-state index < -0.39 is 10.0 Å². The van der Waals surface area contributed by atoms with Gasteiger partial charge < -0.3 is 10.4 Å². The SMILES string of the molecule is CC1CCC1NS(=O)(=O)c1cnn2ccc(NCc3nc(CO)cs3)nc12. The molecular weight excluding hydrogens is 388 g/mol. The standard InChI is InChI=1S/C16H20N6O3S2/c1-10-2-3-12(10)21-27(24,25)13-6-18-22-5-4-14(20-16(13)22)17-7-15-19-11(8-23)9-26-15/h4-6,9-10,12,21,23H,2-3,7-8H2,1H3,(H,17,20). The van der Waals surface area contributed by atoms with Crippen molar-refractivity contribution in [3.05, 3.63) is 34.5 Å². The second kappa shape index (κ2) is 7.15. The highest BCUT2D eigenvalue weighted by atomic mass is 32.2.